The third-order valence-corrected chi connectivity index (χ3v) is 3.70. The molecule has 0 saturated heterocycles. The zero-order valence-corrected chi connectivity index (χ0v) is 10.7. The quantitative estimate of drug-likeness (QED) is 0.527. The number of hydrogen-bond acceptors (Lipinski definition) is 3. The van der Waals surface area contributed by atoms with Crippen molar-refractivity contribution in [3.63, 3.8) is 0 Å². The van der Waals surface area contributed by atoms with Crippen LogP contribution in [0.4, 0.5) is 0 Å². The Morgan fingerprint density at radius 2 is 2.12 bits per heavy atom. The maximum absolute atomic E-state index is 8.41. The molecule has 0 unspecified atom stereocenters. The van der Waals surface area contributed by atoms with E-state index in [1.807, 2.05) is 12.1 Å². The van der Waals surface area contributed by atoms with E-state index in [1.165, 1.54) is 32.1 Å². The monoisotopic (exact) mass is 231 g/mol. The molecule has 0 aromatic heterocycles. The van der Waals surface area contributed by atoms with Gasteiger partial charge < -0.3 is 0 Å². The Kier molecular flexibility index (Phi) is 5.62. The summed E-state index contributed by atoms with van der Waals surface area (Å²) in [6.45, 7) is 6.11. The van der Waals surface area contributed by atoms with Crippen molar-refractivity contribution in [1.29, 1.82) is 5.26 Å². The summed E-state index contributed by atoms with van der Waals surface area (Å²) >= 11 is 0. The fraction of sp³-hybridized carbons (Fsp3) is 0.643. The Labute approximate surface area is 104 Å². The van der Waals surface area contributed by atoms with E-state index in [1.54, 1.807) is 6.21 Å². The lowest BCUT2D eigenvalue weighted by Gasteiger charge is -2.36. The molecule has 17 heavy (non-hydrogen) atoms. The van der Waals surface area contributed by atoms with Gasteiger partial charge in [-0.1, -0.05) is 26.2 Å². The van der Waals surface area contributed by atoms with Gasteiger partial charge in [-0.2, -0.15) is 5.26 Å². The summed E-state index contributed by atoms with van der Waals surface area (Å²) in [4.78, 5) is 8.18. The van der Waals surface area contributed by atoms with Crippen LogP contribution in [0, 0.1) is 16.7 Å². The van der Waals surface area contributed by atoms with Crippen molar-refractivity contribution >= 4 is 12.9 Å². The Bertz CT molecular complexity index is 341. The normalized spacial score (nSPS) is 20.1. The van der Waals surface area contributed by atoms with E-state index >= 15 is 0 Å². The van der Waals surface area contributed by atoms with E-state index in [9.17, 15) is 0 Å². The molecule has 0 aromatic rings. The van der Waals surface area contributed by atoms with E-state index in [4.69, 9.17) is 5.26 Å². The fourth-order valence-corrected chi connectivity index (χ4v) is 2.63. The summed E-state index contributed by atoms with van der Waals surface area (Å²) in [5, 5.41) is 8.41. The van der Waals surface area contributed by atoms with Gasteiger partial charge >= 0.3 is 0 Å². The molecule has 3 heteroatoms. The molecule has 0 bridgehead atoms. The van der Waals surface area contributed by atoms with Gasteiger partial charge in [0.1, 0.15) is 6.54 Å². The van der Waals surface area contributed by atoms with Gasteiger partial charge in [-0.05, 0) is 32.1 Å². The molecule has 1 saturated carbocycles. The number of allylic oxidation sites excluding steroid dienone is 2. The lowest BCUT2D eigenvalue weighted by atomic mass is 9.70. The topological polar surface area (TPSA) is 48.5 Å². The molecule has 3 nitrogen and oxygen atoms in total. The van der Waals surface area contributed by atoms with Crippen molar-refractivity contribution < 1.29 is 0 Å². The second-order valence-electron chi connectivity index (χ2n) is 4.55. The predicted molar refractivity (Wildman–Crippen MR) is 72.4 cm³/mol. The predicted octanol–water partition coefficient (Wildman–Crippen LogP) is 3.53. The van der Waals surface area contributed by atoms with Gasteiger partial charge in [0.05, 0.1) is 6.07 Å². The molecule has 0 aromatic carbocycles. The summed E-state index contributed by atoms with van der Waals surface area (Å²) in [7, 11) is 0. The van der Waals surface area contributed by atoms with Crippen LogP contribution in [0.1, 0.15) is 45.4 Å². The van der Waals surface area contributed by atoms with Crippen LogP contribution in [0.5, 0.6) is 0 Å². The molecule has 0 aliphatic heterocycles. The average molecular weight is 231 g/mol. The minimum atomic E-state index is 0.193. The van der Waals surface area contributed by atoms with Crippen LogP contribution in [-0.4, -0.2) is 19.5 Å². The van der Waals surface area contributed by atoms with E-state index in [0.29, 0.717) is 0 Å². The van der Waals surface area contributed by atoms with Crippen molar-refractivity contribution in [2.75, 3.05) is 6.54 Å². The van der Waals surface area contributed by atoms with E-state index in [2.05, 4.69) is 23.6 Å². The summed E-state index contributed by atoms with van der Waals surface area (Å²) in [6.07, 6.45) is 11.0. The Morgan fingerprint density at radius 1 is 1.41 bits per heavy atom. The van der Waals surface area contributed by atoms with E-state index < -0.39 is 0 Å². The van der Waals surface area contributed by atoms with Gasteiger partial charge in [0, 0.05) is 17.3 Å². The maximum atomic E-state index is 8.41. The van der Waals surface area contributed by atoms with Crippen molar-refractivity contribution in [3.8, 4) is 6.07 Å². The fourth-order valence-electron chi connectivity index (χ4n) is 2.63. The van der Waals surface area contributed by atoms with Crippen LogP contribution in [0.2, 0.25) is 0 Å². The lowest BCUT2D eigenvalue weighted by Crippen LogP contribution is -2.25. The molecular formula is C14H21N3. The van der Waals surface area contributed by atoms with Crippen LogP contribution in [0.25, 0.3) is 0 Å². The summed E-state index contributed by atoms with van der Waals surface area (Å²) in [6, 6.07) is 1.99. The SMILES string of the molecule is C=N/C(=C\C=N/CC#N)C1(CC)CCCCC1. The van der Waals surface area contributed by atoms with Crippen LogP contribution < -0.4 is 0 Å². The average Bonchev–Trinajstić information content (AvgIpc) is 2.39. The van der Waals surface area contributed by atoms with Gasteiger partial charge in [-0.15, -0.1) is 0 Å². The summed E-state index contributed by atoms with van der Waals surface area (Å²) < 4.78 is 0. The highest BCUT2D eigenvalue weighted by atomic mass is 14.8. The van der Waals surface area contributed by atoms with Gasteiger partial charge in [0.2, 0.25) is 0 Å². The third-order valence-electron chi connectivity index (χ3n) is 3.70. The molecule has 0 amide bonds. The molecule has 0 spiro atoms. The highest BCUT2D eigenvalue weighted by Gasteiger charge is 2.33. The second kappa shape index (κ2) is 7.01. The molecule has 1 aliphatic carbocycles. The molecule has 1 aliphatic rings. The zero-order chi connectivity index (χ0) is 12.6. The minimum absolute atomic E-state index is 0.193. The lowest BCUT2D eigenvalue weighted by molar-refractivity contribution is 0.229. The molecule has 0 N–H and O–H groups in total. The maximum Gasteiger partial charge on any atom is 0.126 e. The van der Waals surface area contributed by atoms with Crippen molar-refractivity contribution in [3.05, 3.63) is 11.8 Å². The van der Waals surface area contributed by atoms with Gasteiger partial charge in [0.15, 0.2) is 0 Å². The molecule has 0 radical (unpaired) electrons. The molecule has 0 atom stereocenters. The standard InChI is InChI=1S/C14H21N3/c1-3-14(8-5-4-6-9-14)13(16-2)7-11-17-12-10-15/h7,11H,2-6,8-9,12H2,1H3/b13-7-,17-11-. The largest absolute Gasteiger partial charge is 0.278 e. The first-order valence-electron chi connectivity index (χ1n) is 6.33. The first-order chi connectivity index (χ1) is 8.29. The van der Waals surface area contributed by atoms with Crippen LogP contribution >= 0.6 is 0 Å². The van der Waals surface area contributed by atoms with E-state index in [0.717, 1.165) is 12.1 Å². The number of aliphatic imine (C=N–C) groups is 2. The smallest absolute Gasteiger partial charge is 0.126 e. The minimum Gasteiger partial charge on any atom is -0.278 e. The first kappa shape index (κ1) is 13.6. The molecule has 1 rings (SSSR count). The van der Waals surface area contributed by atoms with Crippen molar-refractivity contribution in [2.24, 2.45) is 15.4 Å². The van der Waals surface area contributed by atoms with Crippen molar-refractivity contribution in [1.82, 2.24) is 0 Å². The number of rotatable bonds is 5. The van der Waals surface area contributed by atoms with Crippen LogP contribution in [0.3, 0.4) is 0 Å². The molecule has 1 fully saturated rings. The zero-order valence-electron chi connectivity index (χ0n) is 10.7. The summed E-state index contributed by atoms with van der Waals surface area (Å²) in [5.74, 6) is 0. The van der Waals surface area contributed by atoms with Crippen molar-refractivity contribution in [2.45, 2.75) is 45.4 Å². The van der Waals surface area contributed by atoms with Crippen LogP contribution in [0.15, 0.2) is 21.8 Å². The number of hydrogen-bond donors (Lipinski definition) is 0. The van der Waals surface area contributed by atoms with E-state index in [-0.39, 0.29) is 12.0 Å². The number of nitrogens with zero attached hydrogens (tertiary/aromatic N) is 3. The van der Waals surface area contributed by atoms with Gasteiger partial charge in [-0.3, -0.25) is 9.98 Å². The highest BCUT2D eigenvalue weighted by Crippen LogP contribution is 2.45. The highest BCUT2D eigenvalue weighted by molar-refractivity contribution is 5.73. The summed E-state index contributed by atoms with van der Waals surface area (Å²) in [5.41, 5.74) is 1.24. The molecular weight excluding hydrogens is 210 g/mol. The van der Waals surface area contributed by atoms with Gasteiger partial charge in [0.25, 0.3) is 0 Å². The third kappa shape index (κ3) is 3.52. The first-order valence-corrected chi connectivity index (χ1v) is 6.33. The Balaban J connectivity index is 2.82. The second-order valence-corrected chi connectivity index (χ2v) is 4.55. The Hall–Kier alpha value is -1.43. The Morgan fingerprint density at radius 3 is 2.65 bits per heavy atom. The number of nitriles is 1. The van der Waals surface area contributed by atoms with Crippen LogP contribution in [-0.2, 0) is 0 Å². The molecule has 92 valence electrons. The molecule has 0 heterocycles. The van der Waals surface area contributed by atoms with Gasteiger partial charge in [-0.25, -0.2) is 0 Å².